The van der Waals surface area contributed by atoms with Crippen LogP contribution in [-0.2, 0) is 11.3 Å². The molecule has 0 amide bonds. The van der Waals surface area contributed by atoms with Crippen molar-refractivity contribution in [2.24, 2.45) is 5.92 Å². The van der Waals surface area contributed by atoms with Gasteiger partial charge in [-0.25, -0.2) is 0 Å². The van der Waals surface area contributed by atoms with E-state index in [4.69, 9.17) is 23.2 Å². The minimum absolute atomic E-state index is 0.185. The maximum atomic E-state index is 11.7. The standard InChI is InChI=1S/C14H17Cl2NO/c1-2-10-8-17(6-5-14(10)18)9-11-3-4-12(15)7-13(11)16/h3-4,7,10H,2,5-6,8-9H2,1H3. The molecule has 0 saturated carbocycles. The third-order valence-corrected chi connectivity index (χ3v) is 4.10. The van der Waals surface area contributed by atoms with Gasteiger partial charge in [0.05, 0.1) is 0 Å². The molecule has 0 aromatic heterocycles. The molecule has 98 valence electrons. The van der Waals surface area contributed by atoms with Gasteiger partial charge >= 0.3 is 0 Å². The predicted octanol–water partition coefficient (Wildman–Crippen LogP) is 3.79. The molecule has 0 bridgehead atoms. The van der Waals surface area contributed by atoms with Gasteiger partial charge in [-0.2, -0.15) is 0 Å². The van der Waals surface area contributed by atoms with Crippen LogP contribution < -0.4 is 0 Å². The summed E-state index contributed by atoms with van der Waals surface area (Å²) < 4.78 is 0. The molecule has 1 saturated heterocycles. The highest BCUT2D eigenvalue weighted by Gasteiger charge is 2.25. The monoisotopic (exact) mass is 285 g/mol. The van der Waals surface area contributed by atoms with Gasteiger partial charge in [0, 0.05) is 42.0 Å². The summed E-state index contributed by atoms with van der Waals surface area (Å²) in [5.41, 5.74) is 1.07. The Labute approximate surface area is 118 Å². The van der Waals surface area contributed by atoms with Crippen LogP contribution in [0.4, 0.5) is 0 Å². The van der Waals surface area contributed by atoms with Crippen molar-refractivity contribution in [3.05, 3.63) is 33.8 Å². The lowest BCUT2D eigenvalue weighted by Crippen LogP contribution is -2.40. The molecule has 2 rings (SSSR count). The van der Waals surface area contributed by atoms with E-state index in [0.29, 0.717) is 22.2 Å². The van der Waals surface area contributed by atoms with Crippen LogP contribution in [0.5, 0.6) is 0 Å². The summed E-state index contributed by atoms with van der Waals surface area (Å²) >= 11 is 12.1. The number of rotatable bonds is 3. The molecule has 1 aromatic rings. The first-order chi connectivity index (χ1) is 8.60. The van der Waals surface area contributed by atoms with Crippen molar-refractivity contribution in [1.82, 2.24) is 4.90 Å². The second kappa shape index (κ2) is 6.05. The molecule has 1 fully saturated rings. The molecule has 18 heavy (non-hydrogen) atoms. The summed E-state index contributed by atoms with van der Waals surface area (Å²) in [5.74, 6) is 0.584. The lowest BCUT2D eigenvalue weighted by atomic mass is 9.94. The number of likely N-dealkylation sites (tertiary alicyclic amines) is 1. The van der Waals surface area contributed by atoms with Gasteiger partial charge < -0.3 is 0 Å². The van der Waals surface area contributed by atoms with Gasteiger partial charge in [-0.3, -0.25) is 9.69 Å². The lowest BCUT2D eigenvalue weighted by Gasteiger charge is -2.31. The van der Waals surface area contributed by atoms with Crippen molar-refractivity contribution >= 4 is 29.0 Å². The van der Waals surface area contributed by atoms with E-state index in [1.54, 1.807) is 6.07 Å². The number of nitrogens with zero attached hydrogens (tertiary/aromatic N) is 1. The molecular weight excluding hydrogens is 269 g/mol. The third kappa shape index (κ3) is 3.25. The minimum Gasteiger partial charge on any atom is -0.299 e. The summed E-state index contributed by atoms with van der Waals surface area (Å²) in [7, 11) is 0. The topological polar surface area (TPSA) is 20.3 Å². The Hall–Kier alpha value is -0.570. The highest BCUT2D eigenvalue weighted by Crippen LogP contribution is 2.24. The molecule has 1 aliphatic rings. The zero-order valence-electron chi connectivity index (χ0n) is 10.5. The molecule has 4 heteroatoms. The Bertz CT molecular complexity index is 447. The van der Waals surface area contributed by atoms with Gasteiger partial charge in [-0.15, -0.1) is 0 Å². The first-order valence-corrected chi connectivity index (χ1v) is 7.04. The van der Waals surface area contributed by atoms with Crippen molar-refractivity contribution in [2.45, 2.75) is 26.3 Å². The van der Waals surface area contributed by atoms with Crippen molar-refractivity contribution in [1.29, 1.82) is 0 Å². The maximum absolute atomic E-state index is 11.7. The van der Waals surface area contributed by atoms with Gasteiger partial charge in [-0.1, -0.05) is 36.2 Å². The molecule has 1 heterocycles. The Morgan fingerprint density at radius 3 is 2.83 bits per heavy atom. The Morgan fingerprint density at radius 1 is 1.39 bits per heavy atom. The molecule has 0 N–H and O–H groups in total. The van der Waals surface area contributed by atoms with Crippen molar-refractivity contribution in [3.63, 3.8) is 0 Å². The fourth-order valence-corrected chi connectivity index (χ4v) is 2.84. The molecule has 0 spiro atoms. The molecule has 0 aliphatic carbocycles. The summed E-state index contributed by atoms with van der Waals surface area (Å²) in [6, 6.07) is 5.59. The van der Waals surface area contributed by atoms with E-state index in [0.717, 1.165) is 31.6 Å². The molecule has 0 radical (unpaired) electrons. The van der Waals surface area contributed by atoms with E-state index >= 15 is 0 Å². The van der Waals surface area contributed by atoms with Crippen molar-refractivity contribution < 1.29 is 4.79 Å². The average Bonchev–Trinajstić information content (AvgIpc) is 2.35. The van der Waals surface area contributed by atoms with Gasteiger partial charge in [0.25, 0.3) is 0 Å². The number of piperidine rings is 1. The quantitative estimate of drug-likeness (QED) is 0.842. The van der Waals surface area contributed by atoms with Crippen molar-refractivity contribution in [3.8, 4) is 0 Å². The zero-order chi connectivity index (χ0) is 13.1. The summed E-state index contributed by atoms with van der Waals surface area (Å²) in [6.45, 7) is 4.53. The van der Waals surface area contributed by atoms with Crippen LogP contribution in [0.1, 0.15) is 25.3 Å². The van der Waals surface area contributed by atoms with E-state index in [2.05, 4.69) is 11.8 Å². The normalized spacial score (nSPS) is 21.3. The smallest absolute Gasteiger partial charge is 0.138 e. The molecule has 2 nitrogen and oxygen atoms in total. The second-order valence-electron chi connectivity index (χ2n) is 4.79. The van der Waals surface area contributed by atoms with Crippen LogP contribution >= 0.6 is 23.2 Å². The fourth-order valence-electron chi connectivity index (χ4n) is 2.37. The number of carbonyl (C=O) groups is 1. The lowest BCUT2D eigenvalue weighted by molar-refractivity contribution is -0.126. The molecule has 1 atom stereocenters. The molecule has 1 aromatic carbocycles. The van der Waals surface area contributed by atoms with Gasteiger partial charge in [0.15, 0.2) is 0 Å². The largest absolute Gasteiger partial charge is 0.299 e. The van der Waals surface area contributed by atoms with Gasteiger partial charge in [-0.05, 0) is 24.1 Å². The molecular formula is C14H17Cl2NO. The number of Topliss-reactive ketones (excluding diaryl/α,β-unsaturated/α-hetero) is 1. The van der Waals surface area contributed by atoms with E-state index in [9.17, 15) is 4.79 Å². The number of hydrogen-bond donors (Lipinski definition) is 0. The van der Waals surface area contributed by atoms with Crippen LogP contribution in [0.25, 0.3) is 0 Å². The van der Waals surface area contributed by atoms with E-state index < -0.39 is 0 Å². The average molecular weight is 286 g/mol. The number of halogens is 2. The highest BCUT2D eigenvalue weighted by atomic mass is 35.5. The number of carbonyl (C=O) groups excluding carboxylic acids is 1. The van der Waals surface area contributed by atoms with Crippen LogP contribution in [0.3, 0.4) is 0 Å². The predicted molar refractivity (Wildman–Crippen MR) is 75.1 cm³/mol. The highest BCUT2D eigenvalue weighted by molar-refractivity contribution is 6.35. The van der Waals surface area contributed by atoms with Gasteiger partial charge in [0.2, 0.25) is 0 Å². The summed E-state index contributed by atoms with van der Waals surface area (Å²) in [6.07, 6.45) is 1.58. The maximum Gasteiger partial charge on any atom is 0.138 e. The Balaban J connectivity index is 2.03. The van der Waals surface area contributed by atoms with Crippen LogP contribution in [0.15, 0.2) is 18.2 Å². The van der Waals surface area contributed by atoms with E-state index in [1.165, 1.54) is 0 Å². The summed E-state index contributed by atoms with van der Waals surface area (Å²) in [4.78, 5) is 14.0. The molecule has 1 aliphatic heterocycles. The Kier molecular flexibility index (Phi) is 4.66. The van der Waals surface area contributed by atoms with Crippen LogP contribution in [0.2, 0.25) is 10.0 Å². The Morgan fingerprint density at radius 2 is 2.17 bits per heavy atom. The van der Waals surface area contributed by atoms with E-state index in [-0.39, 0.29) is 5.92 Å². The van der Waals surface area contributed by atoms with Crippen LogP contribution in [0, 0.1) is 5.92 Å². The zero-order valence-corrected chi connectivity index (χ0v) is 12.0. The summed E-state index contributed by atoms with van der Waals surface area (Å²) in [5, 5.41) is 1.36. The SMILES string of the molecule is CCC1CN(Cc2ccc(Cl)cc2Cl)CCC1=O. The van der Waals surface area contributed by atoms with Crippen molar-refractivity contribution in [2.75, 3.05) is 13.1 Å². The fraction of sp³-hybridized carbons (Fsp3) is 0.500. The number of hydrogen-bond acceptors (Lipinski definition) is 2. The van der Waals surface area contributed by atoms with Gasteiger partial charge in [0.1, 0.15) is 5.78 Å². The van der Waals surface area contributed by atoms with E-state index in [1.807, 2.05) is 12.1 Å². The number of ketones is 1. The molecule has 1 unspecified atom stereocenters. The second-order valence-corrected chi connectivity index (χ2v) is 5.64. The number of benzene rings is 1. The first-order valence-electron chi connectivity index (χ1n) is 6.29. The first kappa shape index (κ1) is 13.9. The minimum atomic E-state index is 0.185. The third-order valence-electron chi connectivity index (χ3n) is 3.51. The van der Waals surface area contributed by atoms with Crippen LogP contribution in [-0.4, -0.2) is 23.8 Å².